The number of hydrogen-bond donors (Lipinski definition) is 0. The van der Waals surface area contributed by atoms with Crippen LogP contribution in [0.4, 0.5) is 0 Å². The fraction of sp³-hybridized carbons (Fsp3) is 0.364. The summed E-state index contributed by atoms with van der Waals surface area (Å²) in [6.07, 6.45) is 0. The maximum absolute atomic E-state index is 11.5. The molecule has 4 nitrogen and oxygen atoms in total. The molecule has 0 atom stereocenters. The van der Waals surface area contributed by atoms with Crippen LogP contribution >= 0.6 is 23.2 Å². The van der Waals surface area contributed by atoms with Crippen molar-refractivity contribution in [3.8, 4) is 17.2 Å². The van der Waals surface area contributed by atoms with Gasteiger partial charge in [-0.25, -0.2) is 0 Å². The van der Waals surface area contributed by atoms with Gasteiger partial charge in [0.2, 0.25) is 5.75 Å². The normalized spacial score (nSPS) is 10.0. The summed E-state index contributed by atoms with van der Waals surface area (Å²) in [5.74, 6) is 0.426. The van der Waals surface area contributed by atoms with Gasteiger partial charge in [-0.1, -0.05) is 23.2 Å². The van der Waals surface area contributed by atoms with Gasteiger partial charge in [0.15, 0.2) is 17.3 Å². The molecule has 0 aliphatic heterocycles. The number of rotatable bonds is 4. The standard InChI is InChI=1S/C11H12Cl2O4/c1-5(14)6-7(12)9(15-2)11(17-4)10(16-3)8(6)13/h1-4H3. The second-order valence-corrected chi connectivity index (χ2v) is 3.91. The highest BCUT2D eigenvalue weighted by atomic mass is 35.5. The first-order valence-electron chi connectivity index (χ1n) is 4.67. The summed E-state index contributed by atoms with van der Waals surface area (Å²) in [6, 6.07) is 0. The van der Waals surface area contributed by atoms with Gasteiger partial charge < -0.3 is 14.2 Å². The molecule has 0 radical (unpaired) electrons. The summed E-state index contributed by atoms with van der Waals surface area (Å²) < 4.78 is 15.3. The molecule has 0 amide bonds. The molecule has 17 heavy (non-hydrogen) atoms. The average Bonchev–Trinajstić information content (AvgIpc) is 2.27. The fourth-order valence-electron chi connectivity index (χ4n) is 1.48. The van der Waals surface area contributed by atoms with Crippen LogP contribution in [0.3, 0.4) is 0 Å². The molecule has 0 fully saturated rings. The summed E-state index contributed by atoms with van der Waals surface area (Å²) in [4.78, 5) is 11.5. The van der Waals surface area contributed by atoms with Crippen molar-refractivity contribution in [2.75, 3.05) is 21.3 Å². The van der Waals surface area contributed by atoms with E-state index in [1.165, 1.54) is 28.3 Å². The molecule has 1 rings (SSSR count). The Hall–Kier alpha value is -1.13. The van der Waals surface area contributed by atoms with Gasteiger partial charge in [0, 0.05) is 0 Å². The summed E-state index contributed by atoms with van der Waals surface area (Å²) >= 11 is 12.1. The maximum Gasteiger partial charge on any atom is 0.206 e. The minimum atomic E-state index is -0.278. The highest BCUT2D eigenvalue weighted by Crippen LogP contribution is 2.49. The van der Waals surface area contributed by atoms with Crippen molar-refractivity contribution >= 4 is 29.0 Å². The Morgan fingerprint density at radius 1 is 0.882 bits per heavy atom. The van der Waals surface area contributed by atoms with Gasteiger partial charge in [0.05, 0.1) is 36.9 Å². The van der Waals surface area contributed by atoms with Gasteiger partial charge >= 0.3 is 0 Å². The number of ketones is 1. The molecule has 1 aromatic rings. The molecule has 0 unspecified atom stereocenters. The van der Waals surface area contributed by atoms with Crippen LogP contribution in [0.1, 0.15) is 17.3 Å². The number of carbonyl (C=O) groups excluding carboxylic acids is 1. The van der Waals surface area contributed by atoms with E-state index < -0.39 is 0 Å². The van der Waals surface area contributed by atoms with E-state index in [9.17, 15) is 4.79 Å². The van der Waals surface area contributed by atoms with E-state index in [4.69, 9.17) is 37.4 Å². The molecule has 0 aromatic heterocycles. The summed E-state index contributed by atoms with van der Waals surface area (Å²) in [7, 11) is 4.27. The zero-order valence-electron chi connectivity index (χ0n) is 9.89. The number of benzene rings is 1. The van der Waals surface area contributed by atoms with Crippen LogP contribution in [0, 0.1) is 0 Å². The van der Waals surface area contributed by atoms with Gasteiger partial charge in [-0.2, -0.15) is 0 Å². The predicted octanol–water partition coefficient (Wildman–Crippen LogP) is 3.22. The molecule has 94 valence electrons. The first-order chi connectivity index (χ1) is 7.99. The van der Waals surface area contributed by atoms with E-state index >= 15 is 0 Å². The molecule has 1 aromatic carbocycles. The van der Waals surface area contributed by atoms with Gasteiger partial charge in [-0.05, 0) is 6.92 Å². The topological polar surface area (TPSA) is 44.8 Å². The molecule has 0 bridgehead atoms. The fourth-order valence-corrected chi connectivity index (χ4v) is 2.31. The van der Waals surface area contributed by atoms with E-state index in [1.807, 2.05) is 0 Å². The smallest absolute Gasteiger partial charge is 0.206 e. The molecule has 0 heterocycles. The number of Topliss-reactive ketones (excluding diaryl/α,β-unsaturated/α-hetero) is 1. The lowest BCUT2D eigenvalue weighted by Crippen LogP contribution is -2.03. The molecule has 6 heteroatoms. The molecule has 0 N–H and O–H groups in total. The van der Waals surface area contributed by atoms with Crippen LogP contribution in [-0.4, -0.2) is 27.1 Å². The molecule has 0 spiro atoms. The molecule has 0 saturated carbocycles. The number of halogens is 2. The van der Waals surface area contributed by atoms with Crippen LogP contribution in [0.15, 0.2) is 0 Å². The lowest BCUT2D eigenvalue weighted by molar-refractivity contribution is 0.101. The van der Waals surface area contributed by atoms with Crippen LogP contribution in [-0.2, 0) is 0 Å². The number of carbonyl (C=O) groups is 1. The van der Waals surface area contributed by atoms with Crippen molar-refractivity contribution < 1.29 is 19.0 Å². The molecule has 0 aliphatic rings. The Bertz CT molecular complexity index is 426. The van der Waals surface area contributed by atoms with Gasteiger partial charge in [0.1, 0.15) is 0 Å². The van der Waals surface area contributed by atoms with Crippen LogP contribution in [0.5, 0.6) is 17.2 Å². The second-order valence-electron chi connectivity index (χ2n) is 3.16. The number of methoxy groups -OCH3 is 3. The highest BCUT2D eigenvalue weighted by Gasteiger charge is 2.26. The Balaban J connectivity index is 3.73. The van der Waals surface area contributed by atoms with Crippen molar-refractivity contribution in [1.29, 1.82) is 0 Å². The quantitative estimate of drug-likeness (QED) is 0.794. The number of hydrogen-bond acceptors (Lipinski definition) is 4. The Kier molecular flexibility index (Phi) is 4.48. The van der Waals surface area contributed by atoms with Crippen molar-refractivity contribution in [2.45, 2.75) is 6.92 Å². The van der Waals surface area contributed by atoms with Crippen LogP contribution in [0.25, 0.3) is 0 Å². The predicted molar refractivity (Wildman–Crippen MR) is 66.1 cm³/mol. The lowest BCUT2D eigenvalue weighted by Gasteiger charge is -2.17. The van der Waals surface area contributed by atoms with E-state index in [0.29, 0.717) is 0 Å². The number of ether oxygens (including phenoxy) is 3. The van der Waals surface area contributed by atoms with Crippen molar-refractivity contribution in [2.24, 2.45) is 0 Å². The lowest BCUT2D eigenvalue weighted by atomic mass is 10.1. The summed E-state index contributed by atoms with van der Waals surface area (Å²) in [5.41, 5.74) is 0.155. The van der Waals surface area contributed by atoms with Crippen LogP contribution < -0.4 is 14.2 Å². The zero-order chi connectivity index (χ0) is 13.2. The third-order valence-electron chi connectivity index (χ3n) is 2.21. The molecule has 0 saturated heterocycles. The minimum Gasteiger partial charge on any atom is -0.491 e. The first-order valence-corrected chi connectivity index (χ1v) is 5.43. The SMILES string of the molecule is COc1c(Cl)c(C(C)=O)c(Cl)c(OC)c1OC. The minimum absolute atomic E-state index is 0.114. The Morgan fingerprint density at radius 2 is 1.24 bits per heavy atom. The third kappa shape index (κ3) is 2.28. The maximum atomic E-state index is 11.5. The molecule has 0 aliphatic carbocycles. The largest absolute Gasteiger partial charge is 0.491 e. The highest BCUT2D eigenvalue weighted by molar-refractivity contribution is 6.42. The first kappa shape index (κ1) is 13.9. The second kappa shape index (κ2) is 5.47. The van der Waals surface area contributed by atoms with E-state index in [-0.39, 0.29) is 38.6 Å². The molecular weight excluding hydrogens is 267 g/mol. The van der Waals surface area contributed by atoms with Gasteiger partial charge in [-0.3, -0.25) is 4.79 Å². The third-order valence-corrected chi connectivity index (χ3v) is 2.94. The van der Waals surface area contributed by atoms with Crippen molar-refractivity contribution in [3.05, 3.63) is 15.6 Å². The average molecular weight is 279 g/mol. The van der Waals surface area contributed by atoms with Crippen LogP contribution in [0.2, 0.25) is 10.0 Å². The molecular formula is C11H12Cl2O4. The summed E-state index contributed by atoms with van der Waals surface area (Å²) in [5, 5.41) is 0.227. The zero-order valence-corrected chi connectivity index (χ0v) is 11.4. The van der Waals surface area contributed by atoms with E-state index in [2.05, 4.69) is 0 Å². The van der Waals surface area contributed by atoms with E-state index in [1.54, 1.807) is 0 Å². The van der Waals surface area contributed by atoms with Gasteiger partial charge in [-0.15, -0.1) is 0 Å². The van der Waals surface area contributed by atoms with E-state index in [0.717, 1.165) is 0 Å². The Morgan fingerprint density at radius 3 is 1.47 bits per heavy atom. The van der Waals surface area contributed by atoms with Gasteiger partial charge in [0.25, 0.3) is 0 Å². The van der Waals surface area contributed by atoms with Crippen molar-refractivity contribution in [3.63, 3.8) is 0 Å². The van der Waals surface area contributed by atoms with Crippen molar-refractivity contribution in [1.82, 2.24) is 0 Å². The monoisotopic (exact) mass is 278 g/mol. The Labute approximate surface area is 109 Å². The summed E-state index contributed by atoms with van der Waals surface area (Å²) in [6.45, 7) is 1.36.